The molecule has 0 rings (SSSR count). The van der Waals surface area contributed by atoms with E-state index in [1.807, 2.05) is 0 Å². The summed E-state index contributed by atoms with van der Waals surface area (Å²) in [6.45, 7) is 0. The van der Waals surface area contributed by atoms with Crippen LogP contribution >= 0.6 is 0 Å². The van der Waals surface area contributed by atoms with Crippen LogP contribution in [0, 0.1) is 0 Å². The second-order valence-corrected chi connectivity index (χ2v) is 0. The minimum atomic E-state index is 0. The van der Waals surface area contributed by atoms with Crippen molar-refractivity contribution in [1.29, 1.82) is 0 Å². The SMILES string of the molecule is F.F.F.F.F.F.[Fe].[H-].[Na+]. The van der Waals surface area contributed by atoms with Crippen LogP contribution in [0.15, 0.2) is 0 Å². The summed E-state index contributed by atoms with van der Waals surface area (Å²) in [5.41, 5.74) is 0. The molecule has 0 fully saturated rings. The van der Waals surface area contributed by atoms with Crippen molar-refractivity contribution in [2.24, 2.45) is 0 Å². The Morgan fingerprint density at radius 2 is 0.500 bits per heavy atom. The van der Waals surface area contributed by atoms with E-state index in [9.17, 15) is 0 Å². The van der Waals surface area contributed by atoms with Crippen LogP contribution in [0.4, 0.5) is 28.2 Å². The fourth-order valence-corrected chi connectivity index (χ4v) is 0. The number of hydrogen-bond donors (Lipinski definition) is 0. The second kappa shape index (κ2) is 338. The zero-order valence-electron chi connectivity index (χ0n) is 4.80. The van der Waals surface area contributed by atoms with Crippen molar-refractivity contribution >= 4 is 0 Å². The Kier molecular flexibility index (Phi) is 20800. The van der Waals surface area contributed by atoms with Gasteiger partial charge in [-0.3, -0.25) is 28.2 Å². The van der Waals surface area contributed by atoms with Crippen molar-refractivity contribution in [2.45, 2.75) is 0 Å². The van der Waals surface area contributed by atoms with Gasteiger partial charge in [0.1, 0.15) is 0 Å². The molecule has 0 heterocycles. The van der Waals surface area contributed by atoms with Gasteiger partial charge in [0.05, 0.1) is 0 Å². The van der Waals surface area contributed by atoms with Gasteiger partial charge in [0.15, 0.2) is 0 Å². The van der Waals surface area contributed by atoms with Gasteiger partial charge in [-0.25, -0.2) is 0 Å². The molecule has 0 amide bonds. The van der Waals surface area contributed by atoms with Crippen LogP contribution in [0.3, 0.4) is 0 Å². The molecule has 0 atom stereocenters. The van der Waals surface area contributed by atoms with E-state index in [1.165, 1.54) is 0 Å². The summed E-state index contributed by atoms with van der Waals surface area (Å²) in [4.78, 5) is 0. The van der Waals surface area contributed by atoms with Crippen LogP contribution in [-0.2, 0) is 17.1 Å². The monoisotopic (exact) mass is 200 g/mol. The Balaban J connectivity index is 0. The molecule has 8 heavy (non-hydrogen) atoms. The second-order valence-electron chi connectivity index (χ2n) is 0. The first-order valence-electron chi connectivity index (χ1n) is 0. The molecular weight excluding hydrogens is 193 g/mol. The van der Waals surface area contributed by atoms with Crippen molar-refractivity contribution in [3.63, 3.8) is 0 Å². The van der Waals surface area contributed by atoms with Gasteiger partial charge in [0, 0.05) is 17.1 Å². The molecule has 8 heteroatoms. The summed E-state index contributed by atoms with van der Waals surface area (Å²) < 4.78 is 0. The first-order chi connectivity index (χ1) is 0. The van der Waals surface area contributed by atoms with Gasteiger partial charge >= 0.3 is 29.6 Å². The molecule has 0 unspecified atom stereocenters. The van der Waals surface area contributed by atoms with E-state index >= 15 is 0 Å². The van der Waals surface area contributed by atoms with E-state index < -0.39 is 0 Å². The van der Waals surface area contributed by atoms with Crippen LogP contribution in [0.25, 0.3) is 0 Å². The van der Waals surface area contributed by atoms with Gasteiger partial charge in [-0.1, -0.05) is 0 Å². The standard InChI is InChI=1S/6FH.Fe.Na.H/h6*1H;;;/q;;;;;;;+1;-1. The Labute approximate surface area is 76.2 Å². The van der Waals surface area contributed by atoms with Crippen molar-refractivity contribution in [2.75, 3.05) is 0 Å². The normalized spacial score (nSPS) is 0. The number of halogens is 6. The van der Waals surface area contributed by atoms with Crippen molar-refractivity contribution in [1.82, 2.24) is 0 Å². The average Bonchev–Trinajstić information content (AvgIpc) is 0. The molecule has 0 saturated carbocycles. The summed E-state index contributed by atoms with van der Waals surface area (Å²) in [6, 6.07) is 0. The molecule has 0 aliphatic carbocycles. The van der Waals surface area contributed by atoms with Crippen LogP contribution in [0.1, 0.15) is 1.43 Å². The zero-order valence-corrected chi connectivity index (χ0v) is 6.91. The first-order valence-corrected chi connectivity index (χ1v) is 0. The molecular formula is H7F6FeNa. The van der Waals surface area contributed by atoms with Crippen molar-refractivity contribution < 1.29 is 76.3 Å². The summed E-state index contributed by atoms with van der Waals surface area (Å²) >= 11 is 0. The Morgan fingerprint density at radius 3 is 0.500 bits per heavy atom. The van der Waals surface area contributed by atoms with E-state index in [0.717, 1.165) is 0 Å². The third-order valence-electron chi connectivity index (χ3n) is 0. The smallest absolute Gasteiger partial charge is 1.00 e. The minimum absolute atomic E-state index is 0. The molecule has 0 aromatic rings. The van der Waals surface area contributed by atoms with E-state index in [-0.39, 0.29) is 76.3 Å². The maximum Gasteiger partial charge on any atom is 1.00 e. The number of rotatable bonds is 0. The predicted molar refractivity (Wildman–Crippen MR) is 16.1 cm³/mol. The minimum Gasteiger partial charge on any atom is -1.00 e. The summed E-state index contributed by atoms with van der Waals surface area (Å²) in [5.74, 6) is 0. The molecule has 0 saturated heterocycles. The molecule has 0 aliphatic rings. The third-order valence-corrected chi connectivity index (χ3v) is 0. The molecule has 0 bridgehead atoms. The van der Waals surface area contributed by atoms with E-state index in [2.05, 4.69) is 0 Å². The predicted octanol–water partition coefficient (Wildman–Crippen LogP) is -1.97. The quantitative estimate of drug-likeness (QED) is 0.314. The molecule has 0 aliphatic heterocycles. The summed E-state index contributed by atoms with van der Waals surface area (Å²) in [7, 11) is 0. The molecule has 0 spiro atoms. The topological polar surface area (TPSA) is 0 Å². The van der Waals surface area contributed by atoms with E-state index in [4.69, 9.17) is 0 Å². The summed E-state index contributed by atoms with van der Waals surface area (Å²) in [6.07, 6.45) is 0. The molecule has 0 aromatic carbocycles. The molecule has 58 valence electrons. The van der Waals surface area contributed by atoms with E-state index in [1.54, 1.807) is 0 Å². The Morgan fingerprint density at radius 1 is 0.500 bits per heavy atom. The Bertz CT molecular complexity index is 13.0. The van der Waals surface area contributed by atoms with Crippen LogP contribution in [-0.4, -0.2) is 0 Å². The van der Waals surface area contributed by atoms with Crippen molar-refractivity contribution in [3.05, 3.63) is 0 Å². The van der Waals surface area contributed by atoms with Gasteiger partial charge in [-0.2, -0.15) is 0 Å². The average molecular weight is 200 g/mol. The van der Waals surface area contributed by atoms with Crippen molar-refractivity contribution in [3.8, 4) is 0 Å². The van der Waals surface area contributed by atoms with Crippen LogP contribution in [0.2, 0.25) is 0 Å². The maximum atomic E-state index is 0. The van der Waals surface area contributed by atoms with Crippen LogP contribution in [0.5, 0.6) is 0 Å². The van der Waals surface area contributed by atoms with Crippen LogP contribution < -0.4 is 29.6 Å². The molecule has 0 aromatic heterocycles. The maximum absolute atomic E-state index is 0. The van der Waals surface area contributed by atoms with Gasteiger partial charge in [0.25, 0.3) is 0 Å². The first kappa shape index (κ1) is 494. The third kappa shape index (κ3) is 218. The zero-order chi connectivity index (χ0) is 0. The number of hydrogen-bond acceptors (Lipinski definition) is 0. The molecule has 0 radical (unpaired) electrons. The van der Waals surface area contributed by atoms with Gasteiger partial charge < -0.3 is 1.43 Å². The molecule has 0 N–H and O–H groups in total. The fraction of sp³-hybridized carbons (Fsp3) is 0. The fourth-order valence-electron chi connectivity index (χ4n) is 0. The van der Waals surface area contributed by atoms with Gasteiger partial charge in [-0.05, 0) is 0 Å². The largest absolute Gasteiger partial charge is 1.00 e. The van der Waals surface area contributed by atoms with E-state index in [0.29, 0.717) is 0 Å². The Hall–Kier alpha value is 1.10. The van der Waals surface area contributed by atoms with Gasteiger partial charge in [-0.15, -0.1) is 0 Å². The summed E-state index contributed by atoms with van der Waals surface area (Å²) in [5, 5.41) is 0. The molecule has 0 nitrogen and oxygen atoms in total. The van der Waals surface area contributed by atoms with Gasteiger partial charge in [0.2, 0.25) is 0 Å².